The minimum absolute atomic E-state index is 0.190. The molecule has 0 fully saturated rings. The molecule has 0 bridgehead atoms. The van der Waals surface area contributed by atoms with Crippen LogP contribution in [-0.4, -0.2) is 11.1 Å². The van der Waals surface area contributed by atoms with E-state index in [-0.39, 0.29) is 5.56 Å². The molecular formula is C15H11NO3. The quantitative estimate of drug-likeness (QED) is 0.851. The van der Waals surface area contributed by atoms with Gasteiger partial charge in [0.15, 0.2) is 0 Å². The van der Waals surface area contributed by atoms with Crippen LogP contribution >= 0.6 is 0 Å². The number of furan rings is 1. The molecule has 1 N–H and O–H groups in total. The van der Waals surface area contributed by atoms with Crippen molar-refractivity contribution in [2.75, 3.05) is 0 Å². The van der Waals surface area contributed by atoms with Crippen LogP contribution in [0.3, 0.4) is 0 Å². The number of carboxylic acid groups (broad SMARTS) is 1. The standard InChI is InChI=1S/C15H11NO3/c1-10-2-7-14(19-10)8-13(9-16)11-3-5-12(6-4-11)15(17)18/h2-8H,1H3,(H,17,18)/b13-8-. The molecule has 0 spiro atoms. The minimum Gasteiger partial charge on any atom is -0.478 e. The summed E-state index contributed by atoms with van der Waals surface area (Å²) in [6, 6.07) is 11.8. The average molecular weight is 253 g/mol. The van der Waals surface area contributed by atoms with Gasteiger partial charge in [0.2, 0.25) is 0 Å². The average Bonchev–Trinajstić information content (AvgIpc) is 2.81. The molecule has 0 radical (unpaired) electrons. The molecule has 2 rings (SSSR count). The number of benzene rings is 1. The van der Waals surface area contributed by atoms with Crippen LogP contribution in [0.1, 0.15) is 27.4 Å². The van der Waals surface area contributed by atoms with E-state index in [0.717, 1.165) is 5.76 Å². The third kappa shape index (κ3) is 2.90. The molecule has 0 aliphatic rings. The second-order valence-corrected chi connectivity index (χ2v) is 4.00. The zero-order valence-corrected chi connectivity index (χ0v) is 10.3. The molecule has 1 aromatic heterocycles. The van der Waals surface area contributed by atoms with Gasteiger partial charge in [-0.05, 0) is 42.8 Å². The van der Waals surface area contributed by atoms with Gasteiger partial charge in [0, 0.05) is 0 Å². The highest BCUT2D eigenvalue weighted by atomic mass is 16.4. The van der Waals surface area contributed by atoms with E-state index in [2.05, 4.69) is 6.07 Å². The number of carbonyl (C=O) groups is 1. The zero-order chi connectivity index (χ0) is 13.8. The lowest BCUT2D eigenvalue weighted by molar-refractivity contribution is 0.0697. The topological polar surface area (TPSA) is 74.2 Å². The zero-order valence-electron chi connectivity index (χ0n) is 10.3. The number of aromatic carboxylic acids is 1. The normalized spacial score (nSPS) is 11.1. The van der Waals surface area contributed by atoms with Crippen molar-refractivity contribution in [3.63, 3.8) is 0 Å². The van der Waals surface area contributed by atoms with Gasteiger partial charge in [-0.3, -0.25) is 0 Å². The number of carboxylic acids is 1. The summed E-state index contributed by atoms with van der Waals surface area (Å²) in [7, 11) is 0. The largest absolute Gasteiger partial charge is 0.478 e. The van der Waals surface area contributed by atoms with Crippen LogP contribution in [-0.2, 0) is 0 Å². The van der Waals surface area contributed by atoms with Gasteiger partial charge < -0.3 is 9.52 Å². The maximum absolute atomic E-state index is 10.8. The predicted molar refractivity (Wildman–Crippen MR) is 70.3 cm³/mol. The fourth-order valence-electron chi connectivity index (χ4n) is 1.65. The van der Waals surface area contributed by atoms with Crippen LogP contribution < -0.4 is 0 Å². The van der Waals surface area contributed by atoms with Crippen molar-refractivity contribution in [2.45, 2.75) is 6.92 Å². The van der Waals surface area contributed by atoms with Crippen LogP contribution in [0.15, 0.2) is 40.8 Å². The number of hydrogen-bond acceptors (Lipinski definition) is 3. The van der Waals surface area contributed by atoms with Crippen molar-refractivity contribution in [3.8, 4) is 6.07 Å². The van der Waals surface area contributed by atoms with Gasteiger partial charge in [0.1, 0.15) is 11.5 Å². The molecule has 2 aromatic rings. The summed E-state index contributed by atoms with van der Waals surface area (Å²) in [6.45, 7) is 1.82. The van der Waals surface area contributed by atoms with Gasteiger partial charge in [0.25, 0.3) is 0 Å². The fourth-order valence-corrected chi connectivity index (χ4v) is 1.65. The lowest BCUT2D eigenvalue weighted by atomic mass is 10.0. The summed E-state index contributed by atoms with van der Waals surface area (Å²) in [4.78, 5) is 10.8. The molecule has 0 atom stereocenters. The van der Waals surface area contributed by atoms with Gasteiger partial charge in [-0.2, -0.15) is 5.26 Å². The Kier molecular flexibility index (Phi) is 3.48. The fraction of sp³-hybridized carbons (Fsp3) is 0.0667. The van der Waals surface area contributed by atoms with Crippen molar-refractivity contribution >= 4 is 17.6 Å². The Morgan fingerprint density at radius 1 is 1.21 bits per heavy atom. The Bertz CT molecular complexity index is 672. The lowest BCUT2D eigenvalue weighted by Crippen LogP contribution is -1.95. The first-order valence-electron chi connectivity index (χ1n) is 5.62. The summed E-state index contributed by atoms with van der Waals surface area (Å²) in [5.41, 5.74) is 1.27. The molecule has 0 saturated heterocycles. The highest BCUT2D eigenvalue weighted by molar-refractivity contribution is 5.91. The summed E-state index contributed by atoms with van der Waals surface area (Å²) < 4.78 is 5.38. The van der Waals surface area contributed by atoms with E-state index in [4.69, 9.17) is 14.8 Å². The Balaban J connectivity index is 2.35. The lowest BCUT2D eigenvalue weighted by Gasteiger charge is -1.99. The molecule has 0 unspecified atom stereocenters. The first kappa shape index (κ1) is 12.7. The molecule has 4 heteroatoms. The van der Waals surface area contributed by atoms with Crippen LogP contribution in [0, 0.1) is 18.3 Å². The maximum Gasteiger partial charge on any atom is 0.335 e. The monoisotopic (exact) mass is 253 g/mol. The first-order chi connectivity index (χ1) is 9.10. The van der Waals surface area contributed by atoms with E-state index in [1.807, 2.05) is 13.0 Å². The van der Waals surface area contributed by atoms with Gasteiger partial charge >= 0.3 is 5.97 Å². The number of nitrogens with zero attached hydrogens (tertiary/aromatic N) is 1. The molecular weight excluding hydrogens is 242 g/mol. The van der Waals surface area contributed by atoms with Crippen molar-refractivity contribution in [2.24, 2.45) is 0 Å². The van der Waals surface area contributed by atoms with E-state index >= 15 is 0 Å². The highest BCUT2D eigenvalue weighted by Crippen LogP contribution is 2.19. The predicted octanol–water partition coefficient (Wildman–Crippen LogP) is 3.35. The Morgan fingerprint density at radius 3 is 2.32 bits per heavy atom. The first-order valence-corrected chi connectivity index (χ1v) is 5.62. The van der Waals surface area contributed by atoms with Gasteiger partial charge in [-0.15, -0.1) is 0 Å². The van der Waals surface area contributed by atoms with Crippen molar-refractivity contribution in [3.05, 3.63) is 59.0 Å². The SMILES string of the molecule is Cc1ccc(/C=C(/C#N)c2ccc(C(=O)O)cc2)o1. The second kappa shape index (κ2) is 5.23. The number of nitriles is 1. The third-order valence-corrected chi connectivity index (χ3v) is 2.61. The number of aryl methyl sites for hydroxylation is 1. The molecule has 1 heterocycles. The van der Waals surface area contributed by atoms with E-state index < -0.39 is 5.97 Å². The minimum atomic E-state index is -0.990. The molecule has 19 heavy (non-hydrogen) atoms. The van der Waals surface area contributed by atoms with Crippen LogP contribution in [0.4, 0.5) is 0 Å². The molecule has 94 valence electrons. The molecule has 1 aromatic carbocycles. The van der Waals surface area contributed by atoms with Crippen LogP contribution in [0.25, 0.3) is 11.6 Å². The van der Waals surface area contributed by atoms with Gasteiger partial charge in [-0.25, -0.2) is 4.79 Å². The number of hydrogen-bond donors (Lipinski definition) is 1. The summed E-state index contributed by atoms with van der Waals surface area (Å²) in [5, 5.41) is 18.0. The van der Waals surface area contributed by atoms with Crippen LogP contribution in [0.5, 0.6) is 0 Å². The van der Waals surface area contributed by atoms with Crippen molar-refractivity contribution < 1.29 is 14.3 Å². The second-order valence-electron chi connectivity index (χ2n) is 4.00. The van der Waals surface area contributed by atoms with E-state index in [0.29, 0.717) is 16.9 Å². The number of allylic oxidation sites excluding steroid dienone is 1. The Hall–Kier alpha value is -2.80. The molecule has 4 nitrogen and oxygen atoms in total. The van der Waals surface area contributed by atoms with Gasteiger partial charge in [0.05, 0.1) is 17.2 Å². The van der Waals surface area contributed by atoms with E-state index in [9.17, 15) is 4.79 Å². The van der Waals surface area contributed by atoms with Crippen LogP contribution in [0.2, 0.25) is 0 Å². The Morgan fingerprint density at radius 2 is 1.84 bits per heavy atom. The van der Waals surface area contributed by atoms with Gasteiger partial charge in [-0.1, -0.05) is 12.1 Å². The smallest absolute Gasteiger partial charge is 0.335 e. The van der Waals surface area contributed by atoms with E-state index in [1.54, 1.807) is 24.3 Å². The van der Waals surface area contributed by atoms with E-state index in [1.165, 1.54) is 12.1 Å². The third-order valence-electron chi connectivity index (χ3n) is 2.61. The van der Waals surface area contributed by atoms with Crippen molar-refractivity contribution in [1.29, 1.82) is 5.26 Å². The molecule has 0 amide bonds. The molecule has 0 saturated carbocycles. The summed E-state index contributed by atoms with van der Waals surface area (Å²) >= 11 is 0. The molecule has 0 aliphatic carbocycles. The summed E-state index contributed by atoms with van der Waals surface area (Å²) in [5.74, 6) is 0.372. The highest BCUT2D eigenvalue weighted by Gasteiger charge is 2.06. The Labute approximate surface area is 110 Å². The number of rotatable bonds is 3. The molecule has 0 aliphatic heterocycles. The maximum atomic E-state index is 10.8. The van der Waals surface area contributed by atoms with Crippen molar-refractivity contribution in [1.82, 2.24) is 0 Å². The summed E-state index contributed by atoms with van der Waals surface area (Å²) in [6.07, 6.45) is 1.63.